The van der Waals surface area contributed by atoms with Crippen LogP contribution in [0.15, 0.2) is 0 Å². The van der Waals surface area contributed by atoms with Crippen molar-refractivity contribution in [3.63, 3.8) is 0 Å². The molecular weight excluding hydrogens is 274 g/mol. The highest BCUT2D eigenvalue weighted by Crippen LogP contribution is 2.30. The number of nitrogens with zero attached hydrogens (tertiary/aromatic N) is 2. The first-order valence-electron chi connectivity index (χ1n) is 9.33. The van der Waals surface area contributed by atoms with Crippen LogP contribution in [0.25, 0.3) is 0 Å². The van der Waals surface area contributed by atoms with E-state index in [-0.39, 0.29) is 5.41 Å². The van der Waals surface area contributed by atoms with Crippen LogP contribution >= 0.6 is 0 Å². The summed E-state index contributed by atoms with van der Waals surface area (Å²) in [5.74, 6) is 1.07. The highest BCUT2D eigenvalue weighted by Gasteiger charge is 2.40. The van der Waals surface area contributed by atoms with Gasteiger partial charge in [0.15, 0.2) is 0 Å². The molecule has 4 nitrogen and oxygen atoms in total. The van der Waals surface area contributed by atoms with Crippen molar-refractivity contribution >= 4 is 5.91 Å². The van der Waals surface area contributed by atoms with Crippen molar-refractivity contribution in [2.24, 2.45) is 11.3 Å². The van der Waals surface area contributed by atoms with E-state index in [9.17, 15) is 4.79 Å². The fraction of sp³-hybridized carbons (Fsp3) is 0.944. The van der Waals surface area contributed by atoms with Gasteiger partial charge in [0.2, 0.25) is 5.91 Å². The third-order valence-electron chi connectivity index (χ3n) is 6.12. The van der Waals surface area contributed by atoms with Crippen LogP contribution < -0.4 is 5.32 Å². The van der Waals surface area contributed by atoms with Gasteiger partial charge in [-0.05, 0) is 65.0 Å². The molecule has 0 aromatic heterocycles. The maximum Gasteiger partial charge on any atom is 0.229 e. The molecule has 0 radical (unpaired) electrons. The van der Waals surface area contributed by atoms with Gasteiger partial charge in [0, 0.05) is 32.2 Å². The van der Waals surface area contributed by atoms with Crippen LogP contribution in [0.5, 0.6) is 0 Å². The van der Waals surface area contributed by atoms with Crippen molar-refractivity contribution in [2.75, 3.05) is 39.3 Å². The van der Waals surface area contributed by atoms with Gasteiger partial charge in [-0.3, -0.25) is 4.79 Å². The SMILES string of the molecule is CC1CCCCN1CC1CCCN(C(=O)C2(C)CCNC2)C1. The second-order valence-corrected chi connectivity index (χ2v) is 8.09. The Bertz CT molecular complexity index is 392. The minimum Gasteiger partial charge on any atom is -0.342 e. The molecule has 0 saturated carbocycles. The van der Waals surface area contributed by atoms with Crippen LogP contribution in [0.3, 0.4) is 0 Å². The van der Waals surface area contributed by atoms with Crippen LogP contribution in [0.2, 0.25) is 0 Å². The zero-order valence-electron chi connectivity index (χ0n) is 14.4. The lowest BCUT2D eigenvalue weighted by atomic mass is 9.86. The number of nitrogens with one attached hydrogen (secondary N) is 1. The van der Waals surface area contributed by atoms with Crippen molar-refractivity contribution in [3.05, 3.63) is 0 Å². The van der Waals surface area contributed by atoms with Crippen molar-refractivity contribution < 1.29 is 4.79 Å². The van der Waals surface area contributed by atoms with E-state index in [1.54, 1.807) is 0 Å². The van der Waals surface area contributed by atoms with Crippen LogP contribution in [-0.2, 0) is 4.79 Å². The molecule has 3 atom stereocenters. The molecule has 0 aromatic carbocycles. The predicted molar refractivity (Wildman–Crippen MR) is 89.8 cm³/mol. The van der Waals surface area contributed by atoms with E-state index in [0.717, 1.165) is 38.6 Å². The summed E-state index contributed by atoms with van der Waals surface area (Å²) in [6.45, 7) is 10.8. The molecule has 126 valence electrons. The van der Waals surface area contributed by atoms with Crippen LogP contribution in [0, 0.1) is 11.3 Å². The zero-order valence-corrected chi connectivity index (χ0v) is 14.4. The highest BCUT2D eigenvalue weighted by molar-refractivity contribution is 5.83. The molecule has 3 rings (SSSR count). The van der Waals surface area contributed by atoms with Gasteiger partial charge in [-0.25, -0.2) is 0 Å². The van der Waals surface area contributed by atoms with E-state index in [0.29, 0.717) is 11.8 Å². The van der Waals surface area contributed by atoms with Crippen molar-refractivity contribution in [1.29, 1.82) is 0 Å². The Labute approximate surface area is 135 Å². The lowest BCUT2D eigenvalue weighted by Crippen LogP contribution is -2.50. The molecular formula is C18H33N3O. The molecule has 1 amide bonds. The van der Waals surface area contributed by atoms with Gasteiger partial charge in [0.05, 0.1) is 5.41 Å². The van der Waals surface area contributed by atoms with Gasteiger partial charge in [-0.2, -0.15) is 0 Å². The number of hydrogen-bond acceptors (Lipinski definition) is 3. The van der Waals surface area contributed by atoms with Gasteiger partial charge in [0.1, 0.15) is 0 Å². The average Bonchev–Trinajstić information content (AvgIpc) is 2.97. The zero-order chi connectivity index (χ0) is 15.6. The van der Waals surface area contributed by atoms with Crippen LogP contribution in [0.4, 0.5) is 0 Å². The molecule has 3 aliphatic heterocycles. The maximum atomic E-state index is 12.9. The number of hydrogen-bond donors (Lipinski definition) is 1. The molecule has 0 spiro atoms. The Morgan fingerprint density at radius 3 is 2.82 bits per heavy atom. The second kappa shape index (κ2) is 6.88. The van der Waals surface area contributed by atoms with Crippen LogP contribution in [0.1, 0.15) is 52.4 Å². The fourth-order valence-electron chi connectivity index (χ4n) is 4.54. The highest BCUT2D eigenvalue weighted by atomic mass is 16.2. The van der Waals surface area contributed by atoms with E-state index in [1.165, 1.54) is 45.2 Å². The molecule has 1 N–H and O–H groups in total. The summed E-state index contributed by atoms with van der Waals surface area (Å²) in [6.07, 6.45) is 7.56. The third-order valence-corrected chi connectivity index (χ3v) is 6.12. The van der Waals surface area contributed by atoms with E-state index in [4.69, 9.17) is 0 Å². The number of piperidine rings is 2. The maximum absolute atomic E-state index is 12.9. The molecule has 22 heavy (non-hydrogen) atoms. The molecule has 0 aliphatic carbocycles. The molecule has 0 bridgehead atoms. The standard InChI is InChI=1S/C18H33N3O/c1-15-6-3-4-10-20(15)12-16-7-5-11-21(13-16)17(22)18(2)8-9-19-14-18/h15-16,19H,3-14H2,1-2H3. The summed E-state index contributed by atoms with van der Waals surface area (Å²) in [5.41, 5.74) is -0.152. The Balaban J connectivity index is 1.56. The quantitative estimate of drug-likeness (QED) is 0.867. The first kappa shape index (κ1) is 16.3. The van der Waals surface area contributed by atoms with Crippen molar-refractivity contribution in [3.8, 4) is 0 Å². The Hall–Kier alpha value is -0.610. The molecule has 3 fully saturated rings. The van der Waals surface area contributed by atoms with Crippen molar-refractivity contribution in [2.45, 2.75) is 58.4 Å². The molecule has 4 heteroatoms. The first-order chi connectivity index (χ1) is 10.6. The summed E-state index contributed by atoms with van der Waals surface area (Å²) in [5, 5.41) is 3.36. The normalized spacial score (nSPS) is 37.5. The minimum absolute atomic E-state index is 0.152. The predicted octanol–water partition coefficient (Wildman–Crippen LogP) is 2.10. The van der Waals surface area contributed by atoms with Gasteiger partial charge in [-0.15, -0.1) is 0 Å². The van der Waals surface area contributed by atoms with Gasteiger partial charge < -0.3 is 15.1 Å². The van der Waals surface area contributed by atoms with Crippen molar-refractivity contribution in [1.82, 2.24) is 15.1 Å². The number of carbonyl (C=O) groups excluding carboxylic acids is 1. The van der Waals surface area contributed by atoms with Crippen LogP contribution in [-0.4, -0.2) is 61.0 Å². The monoisotopic (exact) mass is 307 g/mol. The average molecular weight is 307 g/mol. The molecule has 3 saturated heterocycles. The summed E-state index contributed by atoms with van der Waals surface area (Å²) in [6, 6.07) is 0.733. The van der Waals surface area contributed by atoms with E-state index in [1.807, 2.05) is 0 Å². The van der Waals surface area contributed by atoms with Gasteiger partial charge in [-0.1, -0.05) is 6.42 Å². The Morgan fingerprint density at radius 2 is 2.09 bits per heavy atom. The summed E-state index contributed by atoms with van der Waals surface area (Å²) < 4.78 is 0. The first-order valence-corrected chi connectivity index (χ1v) is 9.33. The minimum atomic E-state index is -0.152. The topological polar surface area (TPSA) is 35.6 Å². The second-order valence-electron chi connectivity index (χ2n) is 8.09. The van der Waals surface area contributed by atoms with E-state index in [2.05, 4.69) is 29.0 Å². The fourth-order valence-corrected chi connectivity index (χ4v) is 4.54. The van der Waals surface area contributed by atoms with Gasteiger partial charge in [0.25, 0.3) is 0 Å². The van der Waals surface area contributed by atoms with E-state index >= 15 is 0 Å². The summed E-state index contributed by atoms with van der Waals surface area (Å²) in [4.78, 5) is 17.7. The molecule has 3 heterocycles. The third kappa shape index (κ3) is 3.48. The summed E-state index contributed by atoms with van der Waals surface area (Å²) in [7, 11) is 0. The number of amides is 1. The molecule has 0 aromatic rings. The lowest BCUT2D eigenvalue weighted by Gasteiger charge is -2.41. The van der Waals surface area contributed by atoms with E-state index < -0.39 is 0 Å². The molecule has 3 aliphatic rings. The Kier molecular flexibility index (Phi) is 5.08. The number of likely N-dealkylation sites (tertiary alicyclic amines) is 2. The largest absolute Gasteiger partial charge is 0.342 e. The smallest absolute Gasteiger partial charge is 0.229 e. The molecule has 3 unspecified atom stereocenters. The Morgan fingerprint density at radius 1 is 1.23 bits per heavy atom. The summed E-state index contributed by atoms with van der Waals surface area (Å²) >= 11 is 0. The number of carbonyl (C=O) groups is 1. The van der Waals surface area contributed by atoms with Gasteiger partial charge >= 0.3 is 0 Å². The number of rotatable bonds is 3. The lowest BCUT2D eigenvalue weighted by molar-refractivity contribution is -0.142.